The van der Waals surface area contributed by atoms with Crippen molar-refractivity contribution in [2.75, 3.05) is 19.6 Å². The fraction of sp³-hybridized carbons (Fsp3) is 0.321. The van der Waals surface area contributed by atoms with Crippen LogP contribution in [0.5, 0.6) is 5.75 Å². The Balaban J connectivity index is 1.35. The molecule has 1 aliphatic rings. The van der Waals surface area contributed by atoms with Gasteiger partial charge in [-0.2, -0.15) is 0 Å². The van der Waals surface area contributed by atoms with Crippen LogP contribution in [0.25, 0.3) is 11.1 Å². The molecule has 1 aliphatic heterocycles. The summed E-state index contributed by atoms with van der Waals surface area (Å²) in [5.74, 6) is 6.52. The highest BCUT2D eigenvalue weighted by atomic mass is 35.5. The lowest BCUT2D eigenvalue weighted by molar-refractivity contribution is -0.274. The van der Waals surface area contributed by atoms with Gasteiger partial charge in [-0.15, -0.1) is 13.2 Å². The largest absolute Gasteiger partial charge is 0.573 e. The Morgan fingerprint density at radius 1 is 1.08 bits per heavy atom. The van der Waals surface area contributed by atoms with E-state index in [0.29, 0.717) is 23.7 Å². The Morgan fingerprint density at radius 2 is 1.78 bits per heavy atom. The van der Waals surface area contributed by atoms with Crippen LogP contribution in [0.3, 0.4) is 0 Å². The predicted molar refractivity (Wildman–Crippen MR) is 135 cm³/mol. The Labute approximate surface area is 213 Å². The Morgan fingerprint density at radius 3 is 2.44 bits per heavy atom. The molecule has 1 saturated heterocycles. The second-order valence-electron chi connectivity index (χ2n) is 8.94. The molecule has 1 fully saturated rings. The average Bonchev–Trinajstić information content (AvgIpc) is 2.83. The summed E-state index contributed by atoms with van der Waals surface area (Å²) in [7, 11) is 0. The third-order valence-corrected chi connectivity index (χ3v) is 6.82. The van der Waals surface area contributed by atoms with E-state index in [1.54, 1.807) is 19.1 Å². The van der Waals surface area contributed by atoms with Crippen LogP contribution in [0.15, 0.2) is 53.3 Å². The molecule has 0 bridgehead atoms. The van der Waals surface area contributed by atoms with Gasteiger partial charge in [0.15, 0.2) is 0 Å². The number of hydrogen-bond acceptors (Lipinski definition) is 3. The molecule has 1 aromatic heterocycles. The zero-order chi connectivity index (χ0) is 25.9. The number of pyridine rings is 1. The third-order valence-electron chi connectivity index (χ3n) is 6.36. The highest BCUT2D eigenvalue weighted by Crippen LogP contribution is 2.30. The van der Waals surface area contributed by atoms with E-state index in [2.05, 4.69) is 26.5 Å². The van der Waals surface area contributed by atoms with Crippen LogP contribution < -0.4 is 10.2 Å². The number of ether oxygens (including phenoxy) is 1. The fourth-order valence-corrected chi connectivity index (χ4v) is 4.71. The monoisotopic (exact) mass is 514 g/mol. The van der Waals surface area contributed by atoms with Gasteiger partial charge in [-0.3, -0.25) is 9.69 Å². The first-order valence-corrected chi connectivity index (χ1v) is 12.0. The normalized spacial score (nSPS) is 14.8. The van der Waals surface area contributed by atoms with Gasteiger partial charge in [-0.25, -0.2) is 0 Å². The van der Waals surface area contributed by atoms with Crippen molar-refractivity contribution in [1.82, 2.24) is 9.88 Å². The summed E-state index contributed by atoms with van der Waals surface area (Å²) in [6.45, 7) is 5.96. The van der Waals surface area contributed by atoms with Gasteiger partial charge >= 0.3 is 6.36 Å². The number of likely N-dealkylation sites (tertiary alicyclic amines) is 1. The summed E-state index contributed by atoms with van der Waals surface area (Å²) in [6.07, 6.45) is -2.86. The molecule has 4 nitrogen and oxygen atoms in total. The molecular formula is C28H26ClF3N2O2. The van der Waals surface area contributed by atoms with Crippen LogP contribution in [-0.2, 0) is 0 Å². The molecule has 3 aromatic rings. The van der Waals surface area contributed by atoms with Crippen molar-refractivity contribution in [3.8, 4) is 28.7 Å². The SMILES string of the molecule is Cc1[nH]c(C)c(-c2cccc(C#CCN3CCC(c4ccc(OC(F)(F)F)cc4)CC3)c2)c(=O)c1Cl. The zero-order valence-electron chi connectivity index (χ0n) is 20.0. The summed E-state index contributed by atoms with van der Waals surface area (Å²) in [6, 6.07) is 13.7. The van der Waals surface area contributed by atoms with Gasteiger partial charge < -0.3 is 9.72 Å². The van der Waals surface area contributed by atoms with E-state index in [1.807, 2.05) is 31.2 Å². The van der Waals surface area contributed by atoms with Gasteiger partial charge in [0.25, 0.3) is 0 Å². The Kier molecular flexibility index (Phi) is 7.77. The minimum Gasteiger partial charge on any atom is -0.406 e. The number of H-pyrrole nitrogens is 1. The number of aromatic amines is 1. The summed E-state index contributed by atoms with van der Waals surface area (Å²) in [5, 5.41) is 0.195. The fourth-order valence-electron chi connectivity index (χ4n) is 4.57. The van der Waals surface area contributed by atoms with Gasteiger partial charge in [-0.05, 0) is 81.1 Å². The second-order valence-corrected chi connectivity index (χ2v) is 9.32. The lowest BCUT2D eigenvalue weighted by atomic mass is 9.89. The lowest BCUT2D eigenvalue weighted by Gasteiger charge is -2.30. The minimum absolute atomic E-state index is 0.194. The van der Waals surface area contributed by atoms with Crippen LogP contribution in [0, 0.1) is 25.7 Å². The van der Waals surface area contributed by atoms with Crippen molar-refractivity contribution < 1.29 is 17.9 Å². The van der Waals surface area contributed by atoms with Crippen LogP contribution in [0.4, 0.5) is 13.2 Å². The molecule has 0 atom stereocenters. The zero-order valence-corrected chi connectivity index (χ0v) is 20.8. The molecule has 8 heteroatoms. The Hall–Kier alpha value is -3.21. The standard InChI is InChI=1S/C28H26ClF3N2O2/c1-18-25(27(35)26(29)19(2)33-18)23-7-3-5-20(17-23)6-4-14-34-15-12-22(13-16-34)21-8-10-24(11-9-21)36-28(30,31)32/h3,5,7-11,17,22H,12-16H2,1-2H3,(H,33,35). The van der Waals surface area contributed by atoms with E-state index < -0.39 is 6.36 Å². The smallest absolute Gasteiger partial charge is 0.406 e. The summed E-state index contributed by atoms with van der Waals surface area (Å²) in [5.41, 5.74) is 4.38. The van der Waals surface area contributed by atoms with Crippen molar-refractivity contribution in [2.24, 2.45) is 0 Å². The number of benzene rings is 2. The second kappa shape index (κ2) is 10.8. The quantitative estimate of drug-likeness (QED) is 0.407. The first-order chi connectivity index (χ1) is 17.1. The lowest BCUT2D eigenvalue weighted by Crippen LogP contribution is -2.33. The first-order valence-electron chi connectivity index (χ1n) is 11.7. The molecule has 36 heavy (non-hydrogen) atoms. The van der Waals surface area contributed by atoms with Crippen molar-refractivity contribution in [3.63, 3.8) is 0 Å². The molecule has 2 heterocycles. The highest BCUT2D eigenvalue weighted by Gasteiger charge is 2.31. The topological polar surface area (TPSA) is 45.3 Å². The molecule has 0 amide bonds. The molecular weight excluding hydrogens is 489 g/mol. The molecule has 0 saturated carbocycles. The summed E-state index contributed by atoms with van der Waals surface area (Å²) in [4.78, 5) is 18.1. The van der Waals surface area contributed by atoms with E-state index in [-0.39, 0.29) is 16.2 Å². The number of hydrogen-bond donors (Lipinski definition) is 1. The minimum atomic E-state index is -4.68. The number of nitrogens with zero attached hydrogens (tertiary/aromatic N) is 1. The van der Waals surface area contributed by atoms with E-state index in [0.717, 1.165) is 48.3 Å². The molecule has 188 valence electrons. The third kappa shape index (κ3) is 6.31. The number of halogens is 4. The van der Waals surface area contributed by atoms with Gasteiger partial charge in [0.05, 0.1) is 6.54 Å². The van der Waals surface area contributed by atoms with Crippen LogP contribution in [0.1, 0.15) is 41.3 Å². The molecule has 0 aliphatic carbocycles. The molecule has 1 N–H and O–H groups in total. The number of nitrogens with one attached hydrogen (secondary N) is 1. The number of alkyl halides is 3. The van der Waals surface area contributed by atoms with Crippen molar-refractivity contribution >= 4 is 11.6 Å². The van der Waals surface area contributed by atoms with Crippen LogP contribution >= 0.6 is 11.6 Å². The number of piperidine rings is 1. The Bertz CT molecular complexity index is 1350. The maximum absolute atomic E-state index is 12.7. The maximum atomic E-state index is 12.7. The van der Waals surface area contributed by atoms with E-state index in [1.165, 1.54) is 12.1 Å². The highest BCUT2D eigenvalue weighted by molar-refractivity contribution is 6.31. The van der Waals surface area contributed by atoms with E-state index in [9.17, 15) is 18.0 Å². The number of rotatable bonds is 4. The summed E-state index contributed by atoms with van der Waals surface area (Å²) < 4.78 is 41.0. The van der Waals surface area contributed by atoms with E-state index >= 15 is 0 Å². The van der Waals surface area contributed by atoms with Gasteiger partial charge in [-0.1, -0.05) is 47.7 Å². The molecule has 0 spiro atoms. The van der Waals surface area contributed by atoms with Crippen LogP contribution in [-0.4, -0.2) is 35.9 Å². The van der Waals surface area contributed by atoms with Crippen molar-refractivity contribution in [3.05, 3.63) is 86.3 Å². The van der Waals surface area contributed by atoms with Gasteiger partial charge in [0, 0.05) is 22.5 Å². The summed E-state index contributed by atoms with van der Waals surface area (Å²) >= 11 is 6.17. The van der Waals surface area contributed by atoms with E-state index in [4.69, 9.17) is 11.6 Å². The van der Waals surface area contributed by atoms with Crippen molar-refractivity contribution in [1.29, 1.82) is 0 Å². The molecule has 0 unspecified atom stereocenters. The van der Waals surface area contributed by atoms with Crippen LogP contribution in [0.2, 0.25) is 5.02 Å². The molecule has 0 radical (unpaired) electrons. The number of aryl methyl sites for hydroxylation is 2. The molecule has 2 aromatic carbocycles. The van der Waals surface area contributed by atoms with Gasteiger partial charge in [0.2, 0.25) is 5.43 Å². The van der Waals surface area contributed by atoms with Crippen molar-refractivity contribution in [2.45, 2.75) is 39.0 Å². The first kappa shape index (κ1) is 25.9. The average molecular weight is 515 g/mol. The molecule has 4 rings (SSSR count). The number of aromatic nitrogens is 1. The predicted octanol–water partition coefficient (Wildman–Crippen LogP) is 6.44. The van der Waals surface area contributed by atoms with Gasteiger partial charge in [0.1, 0.15) is 10.8 Å². The maximum Gasteiger partial charge on any atom is 0.573 e.